The minimum Gasteiger partial charge on any atom is -0.489 e. The van der Waals surface area contributed by atoms with Crippen molar-refractivity contribution in [1.29, 1.82) is 5.26 Å². The van der Waals surface area contributed by atoms with Crippen LogP contribution in [-0.2, 0) is 15.8 Å². The monoisotopic (exact) mass is 328 g/mol. The summed E-state index contributed by atoms with van der Waals surface area (Å²) in [7, 11) is -3.59. The second-order valence-corrected chi connectivity index (χ2v) is 6.52. The number of nitriles is 1. The molecule has 118 valence electrons. The van der Waals surface area contributed by atoms with E-state index in [-0.39, 0.29) is 5.75 Å². The molecule has 2 aromatic carbocycles. The van der Waals surface area contributed by atoms with E-state index in [1.807, 2.05) is 6.07 Å². The van der Waals surface area contributed by atoms with Gasteiger partial charge < -0.3 is 4.74 Å². The molecule has 0 saturated heterocycles. The number of nitrogens with one attached hydrogen (secondary N) is 1. The predicted octanol–water partition coefficient (Wildman–Crippen LogP) is 3.06. The van der Waals surface area contributed by atoms with Gasteiger partial charge in [-0.2, -0.15) is 5.26 Å². The average Bonchev–Trinajstić information content (AvgIpc) is 2.52. The summed E-state index contributed by atoms with van der Waals surface area (Å²) < 4.78 is 32.4. The molecule has 0 fully saturated rings. The van der Waals surface area contributed by atoms with Crippen molar-refractivity contribution in [2.24, 2.45) is 0 Å². The Balaban J connectivity index is 2.11. The topological polar surface area (TPSA) is 79.2 Å². The summed E-state index contributed by atoms with van der Waals surface area (Å²) >= 11 is 0. The molecular formula is C17H16N2O3S. The Hall–Kier alpha value is -2.78. The van der Waals surface area contributed by atoms with Gasteiger partial charge in [-0.3, -0.25) is 4.72 Å². The number of hydrogen-bond acceptors (Lipinski definition) is 4. The van der Waals surface area contributed by atoms with Crippen LogP contribution in [0.2, 0.25) is 0 Å². The zero-order valence-electron chi connectivity index (χ0n) is 12.4. The number of nitrogens with zero attached hydrogens (tertiary/aromatic N) is 1. The number of benzene rings is 2. The van der Waals surface area contributed by atoms with Crippen LogP contribution in [0.4, 0.5) is 5.69 Å². The summed E-state index contributed by atoms with van der Waals surface area (Å²) in [5.41, 5.74) is 1.40. The SMILES string of the molecule is C=CCOc1cccc(NS(=O)(=O)Cc2cccc(C#N)c2)c1. The van der Waals surface area contributed by atoms with Gasteiger partial charge in [0.25, 0.3) is 0 Å². The molecule has 1 N–H and O–H groups in total. The van der Waals surface area contributed by atoms with Crippen molar-refractivity contribution < 1.29 is 13.2 Å². The summed E-state index contributed by atoms with van der Waals surface area (Å²) in [5, 5.41) is 8.86. The van der Waals surface area contributed by atoms with Gasteiger partial charge in [0.1, 0.15) is 12.4 Å². The van der Waals surface area contributed by atoms with Crippen LogP contribution in [0, 0.1) is 11.3 Å². The molecule has 0 saturated carbocycles. The Morgan fingerprint density at radius 2 is 2.00 bits per heavy atom. The molecule has 0 spiro atoms. The zero-order chi connectivity index (χ0) is 16.7. The van der Waals surface area contributed by atoms with Gasteiger partial charge in [-0.1, -0.05) is 30.9 Å². The molecule has 0 aliphatic rings. The average molecular weight is 328 g/mol. The first-order valence-electron chi connectivity index (χ1n) is 6.86. The normalized spacial score (nSPS) is 10.6. The van der Waals surface area contributed by atoms with Crippen LogP contribution in [-0.4, -0.2) is 15.0 Å². The predicted molar refractivity (Wildman–Crippen MR) is 89.5 cm³/mol. The van der Waals surface area contributed by atoms with E-state index in [0.717, 1.165) is 0 Å². The van der Waals surface area contributed by atoms with Crippen LogP contribution < -0.4 is 9.46 Å². The van der Waals surface area contributed by atoms with Crippen molar-refractivity contribution in [1.82, 2.24) is 0 Å². The Labute approximate surface area is 135 Å². The van der Waals surface area contributed by atoms with Crippen LogP contribution in [0.1, 0.15) is 11.1 Å². The minimum atomic E-state index is -3.59. The first kappa shape index (κ1) is 16.6. The van der Waals surface area contributed by atoms with Crippen LogP contribution >= 0.6 is 0 Å². The van der Waals surface area contributed by atoms with E-state index >= 15 is 0 Å². The van der Waals surface area contributed by atoms with Gasteiger partial charge in [-0.15, -0.1) is 0 Å². The van der Waals surface area contributed by atoms with E-state index in [4.69, 9.17) is 10.00 Å². The number of hydrogen-bond donors (Lipinski definition) is 1. The van der Waals surface area contributed by atoms with Crippen LogP contribution in [0.15, 0.2) is 61.2 Å². The lowest BCUT2D eigenvalue weighted by Gasteiger charge is -2.10. The second-order valence-electron chi connectivity index (χ2n) is 4.80. The standard InChI is InChI=1S/C17H16N2O3S/c1-2-9-22-17-8-4-7-16(11-17)19-23(20,21)13-15-6-3-5-14(10-15)12-18/h2-8,10-11,19H,1,9,13H2. The Kier molecular flexibility index (Phi) is 5.39. The highest BCUT2D eigenvalue weighted by atomic mass is 32.2. The molecule has 0 aromatic heterocycles. The van der Waals surface area contributed by atoms with Gasteiger partial charge in [0.05, 0.1) is 23.1 Å². The molecule has 0 radical (unpaired) electrons. The van der Waals surface area contributed by atoms with E-state index in [2.05, 4.69) is 11.3 Å². The smallest absolute Gasteiger partial charge is 0.236 e. The number of ether oxygens (including phenoxy) is 1. The molecule has 0 bridgehead atoms. The minimum absolute atomic E-state index is 0.208. The third-order valence-electron chi connectivity index (χ3n) is 2.89. The van der Waals surface area contributed by atoms with Crippen molar-refractivity contribution in [3.63, 3.8) is 0 Å². The summed E-state index contributed by atoms with van der Waals surface area (Å²) in [4.78, 5) is 0. The fraction of sp³-hybridized carbons (Fsp3) is 0.118. The van der Waals surface area contributed by atoms with Gasteiger partial charge in [-0.25, -0.2) is 8.42 Å². The Morgan fingerprint density at radius 1 is 1.22 bits per heavy atom. The van der Waals surface area contributed by atoms with Crippen molar-refractivity contribution in [2.75, 3.05) is 11.3 Å². The summed E-state index contributed by atoms with van der Waals surface area (Å²) in [5.74, 6) is 0.344. The fourth-order valence-electron chi connectivity index (χ4n) is 1.97. The van der Waals surface area contributed by atoms with Crippen LogP contribution in [0.25, 0.3) is 0 Å². The molecule has 5 nitrogen and oxygen atoms in total. The van der Waals surface area contributed by atoms with Gasteiger partial charge in [0, 0.05) is 6.07 Å². The molecule has 6 heteroatoms. The highest BCUT2D eigenvalue weighted by molar-refractivity contribution is 7.91. The lowest BCUT2D eigenvalue weighted by Crippen LogP contribution is -2.15. The van der Waals surface area contributed by atoms with E-state index in [1.165, 1.54) is 0 Å². The molecule has 0 heterocycles. The molecule has 0 aliphatic carbocycles. The van der Waals surface area contributed by atoms with E-state index in [0.29, 0.717) is 29.2 Å². The lowest BCUT2D eigenvalue weighted by molar-refractivity contribution is 0.363. The Morgan fingerprint density at radius 3 is 2.74 bits per heavy atom. The summed E-state index contributed by atoms with van der Waals surface area (Å²) in [6.07, 6.45) is 1.61. The highest BCUT2D eigenvalue weighted by Crippen LogP contribution is 2.19. The van der Waals surface area contributed by atoms with E-state index in [9.17, 15) is 8.42 Å². The molecule has 0 unspecified atom stereocenters. The zero-order valence-corrected chi connectivity index (χ0v) is 13.2. The number of anilines is 1. The van der Waals surface area contributed by atoms with E-state index < -0.39 is 10.0 Å². The fourth-order valence-corrected chi connectivity index (χ4v) is 3.15. The molecule has 2 rings (SSSR count). The van der Waals surface area contributed by atoms with Gasteiger partial charge >= 0.3 is 0 Å². The van der Waals surface area contributed by atoms with Crippen molar-refractivity contribution in [3.05, 3.63) is 72.3 Å². The molecule has 0 aliphatic heterocycles. The maximum Gasteiger partial charge on any atom is 0.236 e. The maximum absolute atomic E-state index is 12.2. The number of rotatable bonds is 7. The molecule has 0 atom stereocenters. The largest absolute Gasteiger partial charge is 0.489 e. The second kappa shape index (κ2) is 7.47. The quantitative estimate of drug-likeness (QED) is 0.792. The summed E-state index contributed by atoms with van der Waals surface area (Å²) in [6.45, 7) is 3.90. The summed E-state index contributed by atoms with van der Waals surface area (Å²) in [6, 6.07) is 15.2. The lowest BCUT2D eigenvalue weighted by atomic mass is 10.2. The van der Waals surface area contributed by atoms with Gasteiger partial charge in [0.15, 0.2) is 0 Å². The number of sulfonamides is 1. The van der Waals surface area contributed by atoms with E-state index in [1.54, 1.807) is 54.6 Å². The van der Waals surface area contributed by atoms with Crippen LogP contribution in [0.5, 0.6) is 5.75 Å². The third kappa shape index (κ3) is 5.16. The molecule has 23 heavy (non-hydrogen) atoms. The first-order valence-corrected chi connectivity index (χ1v) is 8.51. The molecule has 0 amide bonds. The first-order chi connectivity index (χ1) is 11.0. The van der Waals surface area contributed by atoms with Gasteiger partial charge in [0.2, 0.25) is 10.0 Å². The van der Waals surface area contributed by atoms with Crippen LogP contribution in [0.3, 0.4) is 0 Å². The molecular weight excluding hydrogens is 312 g/mol. The third-order valence-corrected chi connectivity index (χ3v) is 4.15. The van der Waals surface area contributed by atoms with Crippen molar-refractivity contribution >= 4 is 15.7 Å². The van der Waals surface area contributed by atoms with Gasteiger partial charge in [-0.05, 0) is 29.8 Å². The van der Waals surface area contributed by atoms with Crippen molar-refractivity contribution in [2.45, 2.75) is 5.75 Å². The maximum atomic E-state index is 12.2. The highest BCUT2D eigenvalue weighted by Gasteiger charge is 2.12. The molecule has 2 aromatic rings. The van der Waals surface area contributed by atoms with Crippen molar-refractivity contribution in [3.8, 4) is 11.8 Å². The Bertz CT molecular complexity index is 839.